The standard InChI is InChI=1S/C25H24F2N8O/c1-3-22(36)29-15-4-6-19(26)17(12-15)23-18-14-28-33-24(18)32-25(31-23)30-16-5-7-20(27)21(13-16)35-10-8-34(2)9-11-35/h3-7,12-14H,1,8-11H2,2H3,(H,29,36)(H2,28,30,31,32,33). The van der Waals surface area contributed by atoms with E-state index in [1.54, 1.807) is 12.1 Å². The molecule has 11 heteroatoms. The first kappa shape index (κ1) is 23.4. The third-order valence-corrected chi connectivity index (χ3v) is 6.03. The minimum absolute atomic E-state index is 0.158. The van der Waals surface area contributed by atoms with Crippen LogP contribution in [0.3, 0.4) is 0 Å². The number of carbonyl (C=O) groups excluding carboxylic acids is 1. The van der Waals surface area contributed by atoms with Crippen molar-refractivity contribution in [1.82, 2.24) is 25.1 Å². The van der Waals surface area contributed by atoms with Crippen molar-refractivity contribution in [3.05, 3.63) is 66.9 Å². The van der Waals surface area contributed by atoms with Crippen LogP contribution in [0.2, 0.25) is 0 Å². The average Bonchev–Trinajstić information content (AvgIpc) is 3.35. The number of likely N-dealkylation sites (N-methyl/N-ethyl adjacent to an activating group) is 1. The van der Waals surface area contributed by atoms with Crippen LogP contribution in [0.15, 0.2) is 55.3 Å². The first-order valence-electron chi connectivity index (χ1n) is 11.4. The number of nitrogens with zero attached hydrogens (tertiary/aromatic N) is 5. The van der Waals surface area contributed by atoms with E-state index in [0.29, 0.717) is 28.1 Å². The van der Waals surface area contributed by atoms with Crippen LogP contribution in [0.1, 0.15) is 0 Å². The first-order chi connectivity index (χ1) is 17.4. The Labute approximate surface area is 205 Å². The molecule has 0 radical (unpaired) electrons. The molecule has 0 saturated carbocycles. The summed E-state index contributed by atoms with van der Waals surface area (Å²) in [6.07, 6.45) is 2.63. The smallest absolute Gasteiger partial charge is 0.247 e. The van der Waals surface area contributed by atoms with Crippen LogP contribution in [0, 0.1) is 11.6 Å². The maximum absolute atomic E-state index is 14.9. The molecule has 9 nitrogen and oxygen atoms in total. The average molecular weight is 491 g/mol. The number of aromatic nitrogens is 4. The van der Waals surface area contributed by atoms with Crippen molar-refractivity contribution < 1.29 is 13.6 Å². The molecule has 36 heavy (non-hydrogen) atoms. The summed E-state index contributed by atoms with van der Waals surface area (Å²) in [5, 5.41) is 13.0. The molecule has 0 aliphatic carbocycles. The summed E-state index contributed by atoms with van der Waals surface area (Å²) < 4.78 is 29.5. The number of rotatable bonds is 6. The normalized spacial score (nSPS) is 14.1. The molecule has 3 N–H and O–H groups in total. The number of H-pyrrole nitrogens is 1. The van der Waals surface area contributed by atoms with E-state index >= 15 is 0 Å². The molecule has 1 amide bonds. The van der Waals surface area contributed by atoms with Crippen molar-refractivity contribution in [3.8, 4) is 11.3 Å². The fraction of sp³-hybridized carbons (Fsp3) is 0.200. The second-order valence-corrected chi connectivity index (χ2v) is 8.50. The minimum Gasteiger partial charge on any atom is -0.367 e. The van der Waals surface area contributed by atoms with Gasteiger partial charge in [-0.05, 0) is 49.5 Å². The topological polar surface area (TPSA) is 102 Å². The number of amides is 1. The number of aromatic amines is 1. The van der Waals surface area contributed by atoms with Crippen LogP contribution in [0.25, 0.3) is 22.3 Å². The summed E-state index contributed by atoms with van der Waals surface area (Å²) >= 11 is 0. The van der Waals surface area contributed by atoms with Crippen LogP contribution < -0.4 is 15.5 Å². The van der Waals surface area contributed by atoms with E-state index in [9.17, 15) is 13.6 Å². The first-order valence-corrected chi connectivity index (χ1v) is 11.4. The van der Waals surface area contributed by atoms with E-state index in [-0.39, 0.29) is 23.0 Å². The lowest BCUT2D eigenvalue weighted by Gasteiger charge is -2.34. The largest absolute Gasteiger partial charge is 0.367 e. The molecule has 0 bridgehead atoms. The molecule has 0 atom stereocenters. The van der Waals surface area contributed by atoms with Crippen molar-refractivity contribution >= 4 is 40.0 Å². The van der Waals surface area contributed by atoms with Crippen LogP contribution in [0.5, 0.6) is 0 Å². The second-order valence-electron chi connectivity index (χ2n) is 8.50. The molecule has 1 fully saturated rings. The Kier molecular flexibility index (Phi) is 6.30. The molecule has 0 unspecified atom stereocenters. The Morgan fingerprint density at radius 1 is 1.06 bits per heavy atom. The molecular formula is C25H24F2N8O. The van der Waals surface area contributed by atoms with Gasteiger partial charge < -0.3 is 20.4 Å². The Bertz CT molecular complexity index is 1450. The van der Waals surface area contributed by atoms with Crippen LogP contribution >= 0.6 is 0 Å². The highest BCUT2D eigenvalue weighted by Crippen LogP contribution is 2.32. The van der Waals surface area contributed by atoms with Gasteiger partial charge in [0.2, 0.25) is 11.9 Å². The maximum Gasteiger partial charge on any atom is 0.247 e. The van der Waals surface area contributed by atoms with Gasteiger partial charge in [0.15, 0.2) is 5.65 Å². The lowest BCUT2D eigenvalue weighted by Crippen LogP contribution is -2.44. The van der Waals surface area contributed by atoms with Gasteiger partial charge in [-0.1, -0.05) is 6.58 Å². The van der Waals surface area contributed by atoms with Gasteiger partial charge >= 0.3 is 0 Å². The van der Waals surface area contributed by atoms with Crippen molar-refractivity contribution in [2.45, 2.75) is 0 Å². The number of fused-ring (bicyclic) bond motifs is 1. The number of benzene rings is 2. The van der Waals surface area contributed by atoms with Crippen LogP contribution in [-0.2, 0) is 4.79 Å². The molecule has 0 spiro atoms. The molecule has 1 aliphatic heterocycles. The van der Waals surface area contributed by atoms with Crippen molar-refractivity contribution in [3.63, 3.8) is 0 Å². The minimum atomic E-state index is -0.530. The van der Waals surface area contributed by atoms with Crippen molar-refractivity contribution in [2.75, 3.05) is 48.8 Å². The van der Waals surface area contributed by atoms with Gasteiger partial charge in [-0.15, -0.1) is 0 Å². The zero-order valence-corrected chi connectivity index (χ0v) is 19.6. The van der Waals surface area contributed by atoms with E-state index < -0.39 is 11.7 Å². The molecule has 2 aromatic heterocycles. The number of nitrogens with one attached hydrogen (secondary N) is 3. The Balaban J connectivity index is 1.50. The number of piperazine rings is 1. The molecule has 184 valence electrons. The molecule has 4 aromatic rings. The third-order valence-electron chi connectivity index (χ3n) is 6.03. The van der Waals surface area contributed by atoms with E-state index in [0.717, 1.165) is 32.3 Å². The number of hydrogen-bond donors (Lipinski definition) is 3. The maximum atomic E-state index is 14.9. The van der Waals surface area contributed by atoms with Gasteiger partial charge in [-0.25, -0.2) is 13.8 Å². The zero-order chi connectivity index (χ0) is 25.2. The van der Waals surface area contributed by atoms with Gasteiger partial charge in [0.05, 0.1) is 23.0 Å². The summed E-state index contributed by atoms with van der Waals surface area (Å²) in [7, 11) is 2.04. The van der Waals surface area contributed by atoms with Gasteiger partial charge in [0, 0.05) is 43.1 Å². The molecule has 2 aromatic carbocycles. The quantitative estimate of drug-likeness (QED) is 0.352. The van der Waals surface area contributed by atoms with Gasteiger partial charge in [0.25, 0.3) is 0 Å². The number of hydrogen-bond acceptors (Lipinski definition) is 7. The highest BCUT2D eigenvalue weighted by atomic mass is 19.1. The molecule has 1 aliphatic rings. The Morgan fingerprint density at radius 3 is 2.58 bits per heavy atom. The number of carbonyl (C=O) groups is 1. The zero-order valence-electron chi connectivity index (χ0n) is 19.6. The Morgan fingerprint density at radius 2 is 1.81 bits per heavy atom. The molecule has 5 rings (SSSR count). The lowest BCUT2D eigenvalue weighted by molar-refractivity contribution is -0.111. The van der Waals surface area contributed by atoms with E-state index in [2.05, 4.69) is 42.3 Å². The SMILES string of the molecule is C=CC(=O)Nc1ccc(F)c(-c2nc(Nc3ccc(F)c(N4CCN(C)CC4)c3)nc3[nH]ncc23)c1. The monoisotopic (exact) mass is 490 g/mol. The third kappa shape index (κ3) is 4.73. The predicted octanol–water partition coefficient (Wildman–Crippen LogP) is 3.92. The van der Waals surface area contributed by atoms with E-state index in [4.69, 9.17) is 0 Å². The highest BCUT2D eigenvalue weighted by molar-refractivity contribution is 6.00. The highest BCUT2D eigenvalue weighted by Gasteiger charge is 2.19. The summed E-state index contributed by atoms with van der Waals surface area (Å²) in [5.74, 6) is -1.08. The van der Waals surface area contributed by atoms with Crippen molar-refractivity contribution in [2.24, 2.45) is 0 Å². The Hall–Kier alpha value is -4.38. The van der Waals surface area contributed by atoms with E-state index in [1.807, 2.05) is 11.9 Å². The van der Waals surface area contributed by atoms with Crippen molar-refractivity contribution in [1.29, 1.82) is 0 Å². The van der Waals surface area contributed by atoms with Gasteiger partial charge in [0.1, 0.15) is 11.6 Å². The second kappa shape index (κ2) is 9.70. The molecular weight excluding hydrogens is 466 g/mol. The lowest BCUT2D eigenvalue weighted by atomic mass is 10.1. The molecule has 3 heterocycles. The molecule has 1 saturated heterocycles. The summed E-state index contributed by atoms with van der Waals surface area (Å²) in [4.78, 5) is 24.9. The van der Waals surface area contributed by atoms with Gasteiger partial charge in [-0.3, -0.25) is 9.89 Å². The fourth-order valence-electron chi connectivity index (χ4n) is 4.08. The summed E-state index contributed by atoms with van der Waals surface area (Å²) in [5.41, 5.74) is 2.30. The summed E-state index contributed by atoms with van der Waals surface area (Å²) in [6.45, 7) is 6.56. The number of halogens is 2. The summed E-state index contributed by atoms with van der Waals surface area (Å²) in [6, 6.07) is 8.90. The number of anilines is 4. The van der Waals surface area contributed by atoms with Gasteiger partial charge in [-0.2, -0.15) is 10.1 Å². The van der Waals surface area contributed by atoms with E-state index in [1.165, 1.54) is 30.5 Å². The van der Waals surface area contributed by atoms with Crippen LogP contribution in [-0.4, -0.2) is 64.2 Å². The van der Waals surface area contributed by atoms with Crippen LogP contribution in [0.4, 0.5) is 31.8 Å². The fourth-order valence-corrected chi connectivity index (χ4v) is 4.08. The predicted molar refractivity (Wildman–Crippen MR) is 135 cm³/mol.